The average molecular weight is 174 g/mol. The lowest BCUT2D eigenvalue weighted by Gasteiger charge is -2.07. The highest BCUT2D eigenvalue weighted by molar-refractivity contribution is 5.77. The summed E-state index contributed by atoms with van der Waals surface area (Å²) in [4.78, 5) is 10.7. The molecular formula is C10H22O2. The molecule has 0 rings (SSSR count). The first-order valence-electron chi connectivity index (χ1n) is 4.72. The minimum absolute atomic E-state index is 0.106. The van der Waals surface area contributed by atoms with E-state index in [1.165, 1.54) is 0 Å². The first-order chi connectivity index (χ1) is 5.54. The van der Waals surface area contributed by atoms with Gasteiger partial charge in [-0.2, -0.15) is 0 Å². The molecule has 0 aromatic heterocycles. The van der Waals surface area contributed by atoms with Crippen molar-refractivity contribution in [2.24, 2.45) is 5.92 Å². The van der Waals surface area contributed by atoms with E-state index >= 15 is 0 Å². The molecule has 0 aliphatic carbocycles. The molecule has 0 radical (unpaired) electrons. The summed E-state index contributed by atoms with van der Waals surface area (Å²) in [5.41, 5.74) is 0. The Labute approximate surface area is 76.0 Å². The molecule has 0 aliphatic heterocycles. The van der Waals surface area contributed by atoms with E-state index in [-0.39, 0.29) is 17.8 Å². The Hall–Kier alpha value is -0.370. The highest BCUT2D eigenvalue weighted by atomic mass is 16.3. The van der Waals surface area contributed by atoms with Crippen molar-refractivity contribution in [1.29, 1.82) is 0 Å². The Bertz CT molecular complexity index is 108. The molecule has 12 heavy (non-hydrogen) atoms. The monoisotopic (exact) mass is 174 g/mol. The van der Waals surface area contributed by atoms with Crippen LogP contribution < -0.4 is 0 Å². The summed E-state index contributed by atoms with van der Waals surface area (Å²) in [6, 6.07) is 0. The fourth-order valence-electron chi connectivity index (χ4n) is 0.694. The zero-order valence-corrected chi connectivity index (χ0v) is 8.92. The van der Waals surface area contributed by atoms with Gasteiger partial charge in [-0.25, -0.2) is 0 Å². The van der Waals surface area contributed by atoms with Crippen LogP contribution in [0, 0.1) is 5.92 Å². The average Bonchev–Trinajstić information content (AvgIpc) is 2.03. The Morgan fingerprint density at radius 1 is 1.25 bits per heavy atom. The first kappa shape index (κ1) is 14.2. The van der Waals surface area contributed by atoms with Crippen LogP contribution in [0.4, 0.5) is 0 Å². The molecule has 0 saturated heterocycles. The quantitative estimate of drug-likeness (QED) is 0.710. The van der Waals surface area contributed by atoms with Crippen LogP contribution in [-0.2, 0) is 4.79 Å². The van der Waals surface area contributed by atoms with Gasteiger partial charge >= 0.3 is 0 Å². The van der Waals surface area contributed by atoms with Crippen LogP contribution in [0.1, 0.15) is 47.5 Å². The highest BCUT2D eigenvalue weighted by Crippen LogP contribution is 2.08. The second-order valence-electron chi connectivity index (χ2n) is 2.94. The van der Waals surface area contributed by atoms with Gasteiger partial charge in [0.15, 0.2) is 0 Å². The van der Waals surface area contributed by atoms with E-state index in [4.69, 9.17) is 5.11 Å². The van der Waals surface area contributed by atoms with Gasteiger partial charge in [0.05, 0.1) is 6.10 Å². The molecule has 2 heteroatoms. The molecule has 0 aromatic carbocycles. The normalized spacial score (nSPS) is 14.2. The van der Waals surface area contributed by atoms with Crippen LogP contribution in [0.15, 0.2) is 0 Å². The number of aliphatic hydroxyl groups excluding tert-OH is 1. The van der Waals surface area contributed by atoms with Crippen molar-refractivity contribution in [2.75, 3.05) is 0 Å². The van der Waals surface area contributed by atoms with Crippen LogP contribution in [0.25, 0.3) is 0 Å². The number of Topliss-reactive ketones (excluding diaryl/α,β-unsaturated/α-hetero) is 1. The van der Waals surface area contributed by atoms with E-state index in [0.717, 1.165) is 12.8 Å². The van der Waals surface area contributed by atoms with E-state index in [9.17, 15) is 4.79 Å². The largest absolute Gasteiger partial charge is 0.393 e. The van der Waals surface area contributed by atoms with Gasteiger partial charge in [0.2, 0.25) is 0 Å². The fraction of sp³-hybridized carbons (Fsp3) is 0.900. The molecule has 2 atom stereocenters. The molecule has 0 saturated carbocycles. The van der Waals surface area contributed by atoms with Crippen LogP contribution in [0.2, 0.25) is 0 Å². The molecule has 0 aliphatic rings. The maximum Gasteiger partial charge on any atom is 0.132 e. The van der Waals surface area contributed by atoms with Crippen LogP contribution >= 0.6 is 0 Å². The maximum atomic E-state index is 10.7. The van der Waals surface area contributed by atoms with Gasteiger partial charge in [0.1, 0.15) is 5.78 Å². The predicted octanol–water partition coefficient (Wildman–Crippen LogP) is 2.40. The lowest BCUT2D eigenvalue weighted by molar-refractivity contribution is -0.120. The molecule has 0 bridgehead atoms. The van der Waals surface area contributed by atoms with Gasteiger partial charge in [-0.05, 0) is 26.7 Å². The van der Waals surface area contributed by atoms with Crippen molar-refractivity contribution in [1.82, 2.24) is 0 Å². The summed E-state index contributed by atoms with van der Waals surface area (Å²) >= 11 is 0. The summed E-state index contributed by atoms with van der Waals surface area (Å²) in [6.07, 6.45) is 1.25. The molecule has 0 spiro atoms. The second kappa shape index (κ2) is 8.72. The van der Waals surface area contributed by atoms with Crippen molar-refractivity contribution < 1.29 is 9.90 Å². The summed E-state index contributed by atoms with van der Waals surface area (Å²) in [5.74, 6) is 0.315. The molecule has 2 nitrogen and oxygen atoms in total. The minimum atomic E-state index is -0.276. The molecule has 0 aromatic rings. The van der Waals surface area contributed by atoms with Crippen molar-refractivity contribution in [2.45, 2.75) is 53.6 Å². The van der Waals surface area contributed by atoms with Gasteiger partial charge in [0.25, 0.3) is 0 Å². The third kappa shape index (κ3) is 9.63. The minimum Gasteiger partial charge on any atom is -0.393 e. The Balaban J connectivity index is 0. The summed E-state index contributed by atoms with van der Waals surface area (Å²) in [7, 11) is 0. The third-order valence-corrected chi connectivity index (χ3v) is 1.71. The Kier molecular flexibility index (Phi) is 10.3. The first-order valence-corrected chi connectivity index (χ1v) is 4.72. The van der Waals surface area contributed by atoms with Gasteiger partial charge < -0.3 is 5.11 Å². The Morgan fingerprint density at radius 2 is 1.67 bits per heavy atom. The number of rotatable bonds is 4. The fourth-order valence-corrected chi connectivity index (χ4v) is 0.694. The van der Waals surface area contributed by atoms with E-state index in [1.807, 2.05) is 20.8 Å². The number of hydrogen-bond acceptors (Lipinski definition) is 2. The molecule has 0 heterocycles. The van der Waals surface area contributed by atoms with Crippen LogP contribution in [0.5, 0.6) is 0 Å². The maximum absolute atomic E-state index is 10.7. The SMILES string of the molecule is CC.CC(=O)C(C)CCC(C)O. The number of carbonyl (C=O) groups excluding carboxylic acids is 1. The van der Waals surface area contributed by atoms with Crippen molar-refractivity contribution >= 4 is 5.78 Å². The van der Waals surface area contributed by atoms with E-state index in [2.05, 4.69) is 0 Å². The zero-order valence-electron chi connectivity index (χ0n) is 8.92. The number of aliphatic hydroxyl groups is 1. The number of hydrogen-bond donors (Lipinski definition) is 1. The van der Waals surface area contributed by atoms with Crippen molar-refractivity contribution in [3.63, 3.8) is 0 Å². The van der Waals surface area contributed by atoms with Crippen LogP contribution in [0.3, 0.4) is 0 Å². The highest BCUT2D eigenvalue weighted by Gasteiger charge is 2.07. The van der Waals surface area contributed by atoms with E-state index < -0.39 is 0 Å². The molecule has 2 unspecified atom stereocenters. The summed E-state index contributed by atoms with van der Waals surface area (Å²) in [5, 5.41) is 8.87. The van der Waals surface area contributed by atoms with Gasteiger partial charge in [0, 0.05) is 5.92 Å². The lowest BCUT2D eigenvalue weighted by atomic mass is 10.0. The van der Waals surface area contributed by atoms with E-state index in [0.29, 0.717) is 0 Å². The number of ketones is 1. The van der Waals surface area contributed by atoms with Gasteiger partial charge in [-0.1, -0.05) is 20.8 Å². The summed E-state index contributed by atoms with van der Waals surface area (Å²) in [6.45, 7) is 9.23. The third-order valence-electron chi connectivity index (χ3n) is 1.71. The molecule has 74 valence electrons. The van der Waals surface area contributed by atoms with E-state index in [1.54, 1.807) is 13.8 Å². The molecule has 1 N–H and O–H groups in total. The van der Waals surface area contributed by atoms with Crippen molar-refractivity contribution in [3.05, 3.63) is 0 Å². The molecular weight excluding hydrogens is 152 g/mol. The topological polar surface area (TPSA) is 37.3 Å². The summed E-state index contributed by atoms with van der Waals surface area (Å²) < 4.78 is 0. The second-order valence-corrected chi connectivity index (χ2v) is 2.94. The zero-order chi connectivity index (χ0) is 10.1. The molecule has 0 fully saturated rings. The van der Waals surface area contributed by atoms with Crippen molar-refractivity contribution in [3.8, 4) is 0 Å². The smallest absolute Gasteiger partial charge is 0.132 e. The van der Waals surface area contributed by atoms with Crippen LogP contribution in [-0.4, -0.2) is 17.0 Å². The predicted molar refractivity (Wildman–Crippen MR) is 52.1 cm³/mol. The lowest BCUT2D eigenvalue weighted by Crippen LogP contribution is -2.09. The van der Waals surface area contributed by atoms with Gasteiger partial charge in [-0.15, -0.1) is 0 Å². The number of carbonyl (C=O) groups is 1. The molecule has 0 amide bonds. The van der Waals surface area contributed by atoms with Gasteiger partial charge in [-0.3, -0.25) is 4.79 Å². The standard InChI is InChI=1S/C8H16O2.C2H6/c1-6(8(3)10)4-5-7(2)9;1-2/h6-7,9H,4-5H2,1-3H3;1-2H3. The Morgan fingerprint density at radius 3 is 1.92 bits per heavy atom.